The summed E-state index contributed by atoms with van der Waals surface area (Å²) in [7, 11) is 0. The van der Waals surface area contributed by atoms with Crippen LogP contribution in [0.2, 0.25) is 0 Å². The molecule has 0 aliphatic rings. The maximum absolute atomic E-state index is 5.24. The van der Waals surface area contributed by atoms with Gasteiger partial charge in [0.05, 0.1) is 15.7 Å². The van der Waals surface area contributed by atoms with E-state index in [4.69, 9.17) is 9.97 Å². The van der Waals surface area contributed by atoms with Crippen LogP contribution in [0.25, 0.3) is 64.4 Å². The number of nitrogens with one attached hydrogen (secondary N) is 1. The normalized spacial score (nSPS) is 12.3. The Bertz CT molecular complexity index is 2510. The minimum atomic E-state index is 0.128. The van der Waals surface area contributed by atoms with E-state index in [1.54, 1.807) is 11.3 Å². The minimum absolute atomic E-state index is 0.128. The van der Waals surface area contributed by atoms with Crippen LogP contribution in [-0.4, -0.2) is 15.0 Å². The lowest BCUT2D eigenvalue weighted by atomic mass is 9.90. The number of aromatic nitrogens is 3. The molecule has 0 aliphatic carbocycles. The van der Waals surface area contributed by atoms with Gasteiger partial charge in [0.25, 0.3) is 0 Å². The topological polar surface area (TPSA) is 41.6 Å². The molecule has 6 aromatic carbocycles. The van der Waals surface area contributed by atoms with Crippen LogP contribution in [0, 0.1) is 0 Å². The highest BCUT2D eigenvalue weighted by molar-refractivity contribution is 7.25. The van der Waals surface area contributed by atoms with Gasteiger partial charge < -0.3 is 4.98 Å². The van der Waals surface area contributed by atoms with Gasteiger partial charge in [0.2, 0.25) is 0 Å². The van der Waals surface area contributed by atoms with Crippen molar-refractivity contribution in [2.75, 3.05) is 0 Å². The first kappa shape index (κ1) is 27.7. The number of benzene rings is 6. The molecule has 47 heavy (non-hydrogen) atoms. The van der Waals surface area contributed by atoms with Crippen LogP contribution in [0.15, 0.2) is 152 Å². The Kier molecular flexibility index (Phi) is 6.87. The number of rotatable bonds is 7. The van der Waals surface area contributed by atoms with Crippen molar-refractivity contribution in [1.82, 2.24) is 15.0 Å². The van der Waals surface area contributed by atoms with Crippen LogP contribution in [0.1, 0.15) is 22.9 Å². The van der Waals surface area contributed by atoms with E-state index < -0.39 is 0 Å². The fraction of sp³-hybridized carbons (Fsp3) is 0.0698. The van der Waals surface area contributed by atoms with E-state index in [1.807, 2.05) is 6.20 Å². The van der Waals surface area contributed by atoms with E-state index in [9.17, 15) is 0 Å². The molecule has 3 aromatic heterocycles. The maximum atomic E-state index is 5.24. The Balaban J connectivity index is 1.06. The van der Waals surface area contributed by atoms with E-state index in [1.165, 1.54) is 65.3 Å². The van der Waals surface area contributed by atoms with Crippen LogP contribution in [-0.2, 0) is 12.8 Å². The zero-order valence-electron chi connectivity index (χ0n) is 25.7. The van der Waals surface area contributed by atoms with Crippen LogP contribution in [0.3, 0.4) is 0 Å². The molecule has 0 spiro atoms. The Hall–Kier alpha value is -5.58. The molecule has 224 valence electrons. The minimum Gasteiger partial charge on any atom is -0.354 e. The Morgan fingerprint density at radius 2 is 1.17 bits per heavy atom. The summed E-state index contributed by atoms with van der Waals surface area (Å²) in [5, 5.41) is 3.72. The van der Waals surface area contributed by atoms with E-state index in [2.05, 4.69) is 151 Å². The lowest BCUT2D eigenvalue weighted by Crippen LogP contribution is -2.11. The Labute approximate surface area is 277 Å². The lowest BCUT2D eigenvalue weighted by Gasteiger charge is -2.17. The molecule has 3 nitrogen and oxygen atoms in total. The molecule has 3 heterocycles. The second-order valence-electron chi connectivity index (χ2n) is 12.3. The summed E-state index contributed by atoms with van der Waals surface area (Å²) < 4.78 is 2.39. The molecule has 0 saturated carbocycles. The van der Waals surface area contributed by atoms with Crippen molar-refractivity contribution in [3.05, 3.63) is 169 Å². The summed E-state index contributed by atoms with van der Waals surface area (Å²) in [6.07, 6.45) is 3.74. The van der Waals surface area contributed by atoms with Crippen LogP contribution in [0.4, 0.5) is 0 Å². The Morgan fingerprint density at radius 3 is 1.96 bits per heavy atom. The van der Waals surface area contributed by atoms with Crippen molar-refractivity contribution < 1.29 is 0 Å². The summed E-state index contributed by atoms with van der Waals surface area (Å²) >= 11 is 1.76. The molecular formula is C43H31N3S. The number of hydrogen-bond acceptors (Lipinski definition) is 3. The predicted molar refractivity (Wildman–Crippen MR) is 198 cm³/mol. The number of hydrogen-bond donors (Lipinski definition) is 1. The molecule has 0 unspecified atom stereocenters. The van der Waals surface area contributed by atoms with E-state index in [-0.39, 0.29) is 5.92 Å². The quantitative estimate of drug-likeness (QED) is 0.192. The van der Waals surface area contributed by atoms with E-state index in [0.717, 1.165) is 28.9 Å². The van der Waals surface area contributed by atoms with Gasteiger partial charge in [0.15, 0.2) is 0 Å². The number of nitrogens with zero attached hydrogens (tertiary/aromatic N) is 2. The third-order valence-corrected chi connectivity index (χ3v) is 10.4. The number of aromatic amines is 1. The predicted octanol–water partition coefficient (Wildman–Crippen LogP) is 11.4. The SMILES string of the molecule is c1ccc(-c2ccc(C[C@H](Cc3ccc(-c4cccc5c4[nH]c4ccccc45)cc3)c3ncc4sc5ccccc5c4n3)cc2)cc1. The summed E-state index contributed by atoms with van der Waals surface area (Å²) in [5.74, 6) is 1.03. The average molecular weight is 622 g/mol. The molecule has 1 atom stereocenters. The van der Waals surface area contributed by atoms with Gasteiger partial charge in [0, 0.05) is 44.1 Å². The van der Waals surface area contributed by atoms with Crippen molar-refractivity contribution in [1.29, 1.82) is 0 Å². The number of para-hydroxylation sites is 2. The van der Waals surface area contributed by atoms with Crippen molar-refractivity contribution >= 4 is 53.4 Å². The average Bonchev–Trinajstić information content (AvgIpc) is 3.71. The van der Waals surface area contributed by atoms with Crippen LogP contribution >= 0.6 is 11.3 Å². The molecule has 0 bridgehead atoms. The van der Waals surface area contributed by atoms with Crippen LogP contribution in [0.5, 0.6) is 0 Å². The highest BCUT2D eigenvalue weighted by atomic mass is 32.1. The van der Waals surface area contributed by atoms with Crippen molar-refractivity contribution in [2.24, 2.45) is 0 Å². The van der Waals surface area contributed by atoms with Gasteiger partial charge >= 0.3 is 0 Å². The van der Waals surface area contributed by atoms with Gasteiger partial charge in [-0.1, -0.05) is 133 Å². The summed E-state index contributed by atoms with van der Waals surface area (Å²) in [6.45, 7) is 0. The smallest absolute Gasteiger partial charge is 0.132 e. The van der Waals surface area contributed by atoms with Gasteiger partial charge in [-0.15, -0.1) is 11.3 Å². The molecule has 0 radical (unpaired) electrons. The fourth-order valence-electron chi connectivity index (χ4n) is 6.94. The summed E-state index contributed by atoms with van der Waals surface area (Å²) in [6, 6.07) is 52.3. The highest BCUT2D eigenvalue weighted by Crippen LogP contribution is 2.36. The molecule has 9 aromatic rings. The summed E-state index contributed by atoms with van der Waals surface area (Å²) in [4.78, 5) is 13.9. The molecule has 0 saturated heterocycles. The highest BCUT2D eigenvalue weighted by Gasteiger charge is 2.19. The van der Waals surface area contributed by atoms with Gasteiger partial charge in [0.1, 0.15) is 5.82 Å². The lowest BCUT2D eigenvalue weighted by molar-refractivity contribution is 0.638. The standard InChI is InChI=1S/C43H31N3S/c1-2-9-30(10-3-1)31-21-17-28(18-22-31)25-33(43-44-27-40-42(46-43)37-12-5-7-16-39(37)47-40)26-29-19-23-32(24-20-29)34-13-8-14-36-35-11-4-6-15-38(35)45-41(34)36/h1-24,27,33,45H,25-26H2/t33-/m1/s1. The van der Waals surface area contributed by atoms with Crippen molar-refractivity contribution in [3.8, 4) is 22.3 Å². The van der Waals surface area contributed by atoms with Crippen LogP contribution < -0.4 is 0 Å². The van der Waals surface area contributed by atoms with Gasteiger partial charge in [-0.05, 0) is 52.8 Å². The summed E-state index contributed by atoms with van der Waals surface area (Å²) in [5.41, 5.74) is 10.9. The van der Waals surface area contributed by atoms with E-state index in [0.29, 0.717) is 0 Å². The Morgan fingerprint density at radius 1 is 0.532 bits per heavy atom. The maximum Gasteiger partial charge on any atom is 0.132 e. The molecule has 9 rings (SSSR count). The molecular weight excluding hydrogens is 591 g/mol. The van der Waals surface area contributed by atoms with Crippen molar-refractivity contribution in [3.63, 3.8) is 0 Å². The third-order valence-electron chi connectivity index (χ3n) is 9.33. The molecule has 0 aliphatic heterocycles. The number of thiophene rings is 1. The molecule has 4 heteroatoms. The first-order valence-corrected chi connectivity index (χ1v) is 17.0. The zero-order valence-corrected chi connectivity index (χ0v) is 26.5. The second kappa shape index (κ2) is 11.7. The fourth-order valence-corrected chi connectivity index (χ4v) is 7.96. The van der Waals surface area contributed by atoms with Gasteiger partial charge in [-0.25, -0.2) is 9.97 Å². The molecule has 0 amide bonds. The van der Waals surface area contributed by atoms with Crippen molar-refractivity contribution in [2.45, 2.75) is 18.8 Å². The van der Waals surface area contributed by atoms with Gasteiger partial charge in [-0.3, -0.25) is 0 Å². The number of fused-ring (bicyclic) bond motifs is 6. The molecule has 1 N–H and O–H groups in total. The largest absolute Gasteiger partial charge is 0.354 e. The number of H-pyrrole nitrogens is 1. The second-order valence-corrected chi connectivity index (χ2v) is 13.4. The van der Waals surface area contributed by atoms with E-state index >= 15 is 0 Å². The third kappa shape index (κ3) is 5.17. The first-order chi connectivity index (χ1) is 23.3. The zero-order chi connectivity index (χ0) is 31.2. The first-order valence-electron chi connectivity index (χ1n) is 16.1. The van der Waals surface area contributed by atoms with Gasteiger partial charge in [-0.2, -0.15) is 0 Å². The molecule has 0 fully saturated rings. The monoisotopic (exact) mass is 621 g/mol.